The lowest BCUT2D eigenvalue weighted by atomic mass is 10.0. The minimum absolute atomic E-state index is 0.186. The van der Waals surface area contributed by atoms with E-state index in [0.29, 0.717) is 10.8 Å². The summed E-state index contributed by atoms with van der Waals surface area (Å²) in [4.78, 5) is 0.436. The molecule has 0 aliphatic heterocycles. The van der Waals surface area contributed by atoms with Gasteiger partial charge < -0.3 is 0 Å². The van der Waals surface area contributed by atoms with Crippen LogP contribution >= 0.6 is 0 Å². The minimum Gasteiger partial charge on any atom is -0.224 e. The van der Waals surface area contributed by atoms with E-state index < -0.39 is 9.84 Å². The van der Waals surface area contributed by atoms with Gasteiger partial charge in [-0.1, -0.05) is 38.5 Å². The molecule has 0 N–H and O–H groups in total. The largest absolute Gasteiger partial charge is 0.224 e. The van der Waals surface area contributed by atoms with Gasteiger partial charge in [-0.3, -0.25) is 0 Å². The first-order chi connectivity index (χ1) is 7.33. The fourth-order valence-electron chi connectivity index (χ4n) is 1.38. The van der Waals surface area contributed by atoms with E-state index in [-0.39, 0.29) is 11.7 Å². The number of hydrogen-bond donors (Lipinski definition) is 0. The van der Waals surface area contributed by atoms with Crippen LogP contribution in [0, 0.1) is 18.8 Å². The van der Waals surface area contributed by atoms with Crippen molar-refractivity contribution in [2.24, 2.45) is 11.8 Å². The van der Waals surface area contributed by atoms with E-state index in [1.54, 1.807) is 12.1 Å². The maximum Gasteiger partial charge on any atom is 0.178 e. The Bertz CT molecular complexity index is 430. The van der Waals surface area contributed by atoms with Gasteiger partial charge in [0.15, 0.2) is 9.84 Å². The van der Waals surface area contributed by atoms with Crippen LogP contribution in [0.4, 0.5) is 0 Å². The smallest absolute Gasteiger partial charge is 0.178 e. The van der Waals surface area contributed by atoms with E-state index in [2.05, 4.69) is 13.8 Å². The molecule has 1 rings (SSSR count). The van der Waals surface area contributed by atoms with Crippen molar-refractivity contribution in [3.63, 3.8) is 0 Å². The molecule has 0 spiro atoms. The molecule has 1 aromatic rings. The summed E-state index contributed by atoms with van der Waals surface area (Å²) in [7, 11) is -3.12. The summed E-state index contributed by atoms with van der Waals surface area (Å²) in [5.74, 6) is 0.805. The normalized spacial score (nSPS) is 14.1. The molecule has 0 aliphatic rings. The summed E-state index contributed by atoms with van der Waals surface area (Å²) in [5, 5.41) is 0. The number of rotatable bonds is 4. The lowest BCUT2D eigenvalue weighted by Crippen LogP contribution is -2.18. The third-order valence-corrected chi connectivity index (χ3v) is 4.96. The molecule has 16 heavy (non-hydrogen) atoms. The van der Waals surface area contributed by atoms with Crippen molar-refractivity contribution in [1.82, 2.24) is 0 Å². The Kier molecular flexibility index (Phi) is 4.14. The van der Waals surface area contributed by atoms with Crippen molar-refractivity contribution in [3.05, 3.63) is 29.8 Å². The molecule has 0 bridgehead atoms. The van der Waals surface area contributed by atoms with Crippen LogP contribution in [0.5, 0.6) is 0 Å². The van der Waals surface area contributed by atoms with E-state index in [4.69, 9.17) is 0 Å². The maximum atomic E-state index is 12.1. The Labute approximate surface area is 98.6 Å². The second-order valence-corrected chi connectivity index (χ2v) is 6.85. The number of hydrogen-bond acceptors (Lipinski definition) is 2. The highest BCUT2D eigenvalue weighted by Gasteiger charge is 2.20. The number of benzene rings is 1. The van der Waals surface area contributed by atoms with E-state index in [1.165, 1.54) is 0 Å². The van der Waals surface area contributed by atoms with Gasteiger partial charge in [0.25, 0.3) is 0 Å². The molecule has 0 unspecified atom stereocenters. The number of sulfone groups is 1. The third-order valence-electron chi connectivity index (χ3n) is 3.00. The Morgan fingerprint density at radius 3 is 2.00 bits per heavy atom. The Morgan fingerprint density at radius 1 is 1.06 bits per heavy atom. The molecule has 0 aliphatic carbocycles. The first-order valence-corrected chi connectivity index (χ1v) is 7.27. The van der Waals surface area contributed by atoms with E-state index in [0.717, 1.165) is 5.56 Å². The van der Waals surface area contributed by atoms with Gasteiger partial charge in [-0.05, 0) is 30.9 Å². The van der Waals surface area contributed by atoms with Gasteiger partial charge in [-0.2, -0.15) is 0 Å². The summed E-state index contributed by atoms with van der Waals surface area (Å²) < 4.78 is 24.1. The zero-order chi connectivity index (χ0) is 12.3. The molecular formula is C13H20O2S. The zero-order valence-corrected chi connectivity index (χ0v) is 11.2. The van der Waals surface area contributed by atoms with Crippen LogP contribution in [0.1, 0.15) is 26.3 Å². The highest BCUT2D eigenvalue weighted by atomic mass is 32.2. The lowest BCUT2D eigenvalue weighted by molar-refractivity contribution is 0.452. The summed E-state index contributed by atoms with van der Waals surface area (Å²) in [6, 6.07) is 7.06. The topological polar surface area (TPSA) is 34.1 Å². The predicted molar refractivity (Wildman–Crippen MR) is 67.2 cm³/mol. The molecule has 0 amide bonds. The van der Waals surface area contributed by atoms with E-state index in [1.807, 2.05) is 26.0 Å². The zero-order valence-electron chi connectivity index (χ0n) is 10.4. The van der Waals surface area contributed by atoms with Gasteiger partial charge >= 0.3 is 0 Å². The molecule has 90 valence electrons. The van der Waals surface area contributed by atoms with Crippen LogP contribution in [0.3, 0.4) is 0 Å². The van der Waals surface area contributed by atoms with Gasteiger partial charge in [0, 0.05) is 0 Å². The molecule has 3 heteroatoms. The molecule has 0 saturated carbocycles. The standard InChI is InChI=1S/C13H20O2S/c1-10(2)12(4)9-16(14,15)13-7-5-11(3)6-8-13/h5-8,10,12H,9H2,1-4H3/t12-/m1/s1. The highest BCUT2D eigenvalue weighted by Crippen LogP contribution is 2.19. The molecule has 2 nitrogen and oxygen atoms in total. The molecule has 0 heterocycles. The summed E-state index contributed by atoms with van der Waals surface area (Å²) >= 11 is 0. The Morgan fingerprint density at radius 2 is 1.56 bits per heavy atom. The summed E-state index contributed by atoms with van der Waals surface area (Å²) in [6.45, 7) is 8.04. The van der Waals surface area contributed by atoms with Crippen molar-refractivity contribution in [2.75, 3.05) is 5.75 Å². The van der Waals surface area contributed by atoms with Crippen molar-refractivity contribution in [3.8, 4) is 0 Å². The lowest BCUT2D eigenvalue weighted by Gasteiger charge is -2.15. The van der Waals surface area contributed by atoms with Crippen molar-refractivity contribution in [2.45, 2.75) is 32.6 Å². The van der Waals surface area contributed by atoms with E-state index in [9.17, 15) is 8.42 Å². The minimum atomic E-state index is -3.12. The van der Waals surface area contributed by atoms with Gasteiger partial charge in [-0.25, -0.2) is 8.42 Å². The number of aryl methyl sites for hydroxylation is 1. The van der Waals surface area contributed by atoms with Crippen LogP contribution in [0.2, 0.25) is 0 Å². The molecule has 0 saturated heterocycles. The molecule has 1 atom stereocenters. The van der Waals surface area contributed by atoms with Crippen molar-refractivity contribution in [1.29, 1.82) is 0 Å². The van der Waals surface area contributed by atoms with Gasteiger partial charge in [0.2, 0.25) is 0 Å². The quantitative estimate of drug-likeness (QED) is 0.810. The summed E-state index contributed by atoms with van der Waals surface area (Å²) in [6.07, 6.45) is 0. The van der Waals surface area contributed by atoms with Gasteiger partial charge in [0.1, 0.15) is 0 Å². The highest BCUT2D eigenvalue weighted by molar-refractivity contribution is 7.91. The molecule has 1 aromatic carbocycles. The maximum absolute atomic E-state index is 12.1. The fourth-order valence-corrected chi connectivity index (χ4v) is 3.20. The molecular weight excluding hydrogens is 220 g/mol. The van der Waals surface area contributed by atoms with Crippen molar-refractivity contribution >= 4 is 9.84 Å². The fraction of sp³-hybridized carbons (Fsp3) is 0.538. The average Bonchev–Trinajstić information content (AvgIpc) is 2.17. The first kappa shape index (κ1) is 13.2. The predicted octanol–water partition coefficient (Wildman–Crippen LogP) is 3.06. The van der Waals surface area contributed by atoms with Gasteiger partial charge in [-0.15, -0.1) is 0 Å². The Hall–Kier alpha value is -0.830. The van der Waals surface area contributed by atoms with Crippen LogP contribution < -0.4 is 0 Å². The average molecular weight is 240 g/mol. The Balaban J connectivity index is 2.90. The monoisotopic (exact) mass is 240 g/mol. The van der Waals surface area contributed by atoms with Crippen molar-refractivity contribution < 1.29 is 8.42 Å². The van der Waals surface area contributed by atoms with Crippen LogP contribution in [0.25, 0.3) is 0 Å². The second-order valence-electron chi connectivity index (χ2n) is 4.82. The second kappa shape index (κ2) is 5.00. The first-order valence-electron chi connectivity index (χ1n) is 5.62. The molecule has 0 aromatic heterocycles. The SMILES string of the molecule is Cc1ccc(S(=O)(=O)C[C@@H](C)C(C)C)cc1. The van der Waals surface area contributed by atoms with Gasteiger partial charge in [0.05, 0.1) is 10.6 Å². The van der Waals surface area contributed by atoms with E-state index >= 15 is 0 Å². The van der Waals surface area contributed by atoms with Crippen LogP contribution in [-0.4, -0.2) is 14.2 Å². The molecule has 0 fully saturated rings. The summed E-state index contributed by atoms with van der Waals surface area (Å²) in [5.41, 5.74) is 1.08. The third kappa shape index (κ3) is 3.34. The van der Waals surface area contributed by atoms with Crippen LogP contribution in [0.15, 0.2) is 29.2 Å². The molecule has 0 radical (unpaired) electrons. The van der Waals surface area contributed by atoms with Crippen LogP contribution in [-0.2, 0) is 9.84 Å².